The summed E-state index contributed by atoms with van der Waals surface area (Å²) in [6, 6.07) is 16.9. The van der Waals surface area contributed by atoms with E-state index in [0.717, 1.165) is 22.6 Å². The highest BCUT2D eigenvalue weighted by molar-refractivity contribution is 6.06. The SMILES string of the molecule is CCOc1ccc(NC(=O)c2nnn(-c3ccc(C)c(C)c3)c2-c2cccnc2)cc1. The van der Waals surface area contributed by atoms with Crippen molar-refractivity contribution in [2.24, 2.45) is 0 Å². The molecule has 0 aliphatic rings. The predicted molar refractivity (Wildman–Crippen MR) is 120 cm³/mol. The first-order valence-electron chi connectivity index (χ1n) is 10.0. The standard InChI is InChI=1S/C24H23N5O2/c1-4-31-21-11-8-19(9-12-21)26-24(30)22-23(18-6-5-13-25-15-18)29(28-27-22)20-10-7-16(2)17(3)14-20/h5-15H,4H2,1-3H3,(H,26,30). The number of aromatic nitrogens is 4. The number of anilines is 1. The highest BCUT2D eigenvalue weighted by atomic mass is 16.5. The number of aryl methyl sites for hydroxylation is 2. The fourth-order valence-corrected chi connectivity index (χ4v) is 3.23. The minimum absolute atomic E-state index is 0.222. The molecule has 4 rings (SSSR count). The molecule has 4 aromatic rings. The number of carbonyl (C=O) groups is 1. The van der Waals surface area contributed by atoms with E-state index >= 15 is 0 Å². The predicted octanol–water partition coefficient (Wildman–Crippen LogP) is 4.60. The molecule has 0 aliphatic heterocycles. The number of hydrogen-bond acceptors (Lipinski definition) is 5. The quantitative estimate of drug-likeness (QED) is 0.500. The molecule has 0 atom stereocenters. The first-order valence-corrected chi connectivity index (χ1v) is 10.0. The molecule has 0 bridgehead atoms. The lowest BCUT2D eigenvalue weighted by atomic mass is 10.1. The van der Waals surface area contributed by atoms with Crippen LogP contribution in [0.25, 0.3) is 16.9 Å². The van der Waals surface area contributed by atoms with Gasteiger partial charge in [0.2, 0.25) is 0 Å². The van der Waals surface area contributed by atoms with Crippen LogP contribution in [0.2, 0.25) is 0 Å². The average Bonchev–Trinajstić information content (AvgIpc) is 3.23. The van der Waals surface area contributed by atoms with Crippen molar-refractivity contribution in [3.8, 4) is 22.7 Å². The summed E-state index contributed by atoms with van der Waals surface area (Å²) < 4.78 is 7.13. The van der Waals surface area contributed by atoms with Gasteiger partial charge in [0.15, 0.2) is 5.69 Å². The normalized spacial score (nSPS) is 10.7. The summed E-state index contributed by atoms with van der Waals surface area (Å²) in [6.45, 7) is 6.60. The summed E-state index contributed by atoms with van der Waals surface area (Å²) in [6.07, 6.45) is 3.39. The van der Waals surface area contributed by atoms with E-state index in [1.165, 1.54) is 5.56 Å². The van der Waals surface area contributed by atoms with Crippen LogP contribution in [0.1, 0.15) is 28.5 Å². The van der Waals surface area contributed by atoms with Gasteiger partial charge < -0.3 is 10.1 Å². The molecule has 0 fully saturated rings. The van der Waals surface area contributed by atoms with Gasteiger partial charge in [-0.1, -0.05) is 11.3 Å². The van der Waals surface area contributed by atoms with Gasteiger partial charge in [-0.25, -0.2) is 4.68 Å². The molecule has 7 heteroatoms. The molecule has 1 amide bonds. The Morgan fingerprint density at radius 3 is 2.55 bits per heavy atom. The number of rotatable bonds is 6. The third kappa shape index (κ3) is 4.30. The first kappa shape index (κ1) is 20.3. The van der Waals surface area contributed by atoms with E-state index in [4.69, 9.17) is 4.74 Å². The van der Waals surface area contributed by atoms with Crippen LogP contribution in [-0.2, 0) is 0 Å². The summed E-state index contributed by atoms with van der Waals surface area (Å²) in [5.41, 5.74) is 5.34. The Hall–Kier alpha value is -4.00. The number of carbonyl (C=O) groups excluding carboxylic acids is 1. The fraction of sp³-hybridized carbons (Fsp3) is 0.167. The summed E-state index contributed by atoms with van der Waals surface area (Å²) >= 11 is 0. The second-order valence-corrected chi connectivity index (χ2v) is 7.12. The molecule has 0 saturated carbocycles. The topological polar surface area (TPSA) is 81.9 Å². The Kier molecular flexibility index (Phi) is 5.75. The number of nitrogens with one attached hydrogen (secondary N) is 1. The van der Waals surface area contributed by atoms with E-state index in [9.17, 15) is 4.79 Å². The van der Waals surface area contributed by atoms with Gasteiger partial charge >= 0.3 is 0 Å². The van der Waals surface area contributed by atoms with Crippen molar-refractivity contribution in [3.63, 3.8) is 0 Å². The number of benzene rings is 2. The molecule has 1 N–H and O–H groups in total. The lowest BCUT2D eigenvalue weighted by molar-refractivity contribution is 0.102. The van der Waals surface area contributed by atoms with Gasteiger partial charge in [0.1, 0.15) is 11.4 Å². The van der Waals surface area contributed by atoms with E-state index < -0.39 is 0 Å². The Bertz CT molecular complexity index is 1200. The lowest BCUT2D eigenvalue weighted by Crippen LogP contribution is -2.14. The van der Waals surface area contributed by atoms with Crippen molar-refractivity contribution in [3.05, 3.63) is 83.8 Å². The van der Waals surface area contributed by atoms with E-state index in [2.05, 4.69) is 27.5 Å². The van der Waals surface area contributed by atoms with Crippen molar-refractivity contribution in [2.75, 3.05) is 11.9 Å². The van der Waals surface area contributed by atoms with Crippen molar-refractivity contribution >= 4 is 11.6 Å². The molecule has 0 saturated heterocycles. The van der Waals surface area contributed by atoms with Crippen LogP contribution in [0.3, 0.4) is 0 Å². The van der Waals surface area contributed by atoms with Crippen LogP contribution >= 0.6 is 0 Å². The summed E-state index contributed by atoms with van der Waals surface area (Å²) in [4.78, 5) is 17.3. The second kappa shape index (κ2) is 8.79. The average molecular weight is 413 g/mol. The minimum atomic E-state index is -0.349. The number of amides is 1. The Balaban J connectivity index is 1.72. The zero-order valence-electron chi connectivity index (χ0n) is 17.7. The number of nitrogens with zero attached hydrogens (tertiary/aromatic N) is 4. The van der Waals surface area contributed by atoms with Gasteiger partial charge in [0.05, 0.1) is 12.3 Å². The maximum Gasteiger partial charge on any atom is 0.278 e. The summed E-state index contributed by atoms with van der Waals surface area (Å²) in [5, 5.41) is 11.4. The van der Waals surface area contributed by atoms with Gasteiger partial charge in [-0.05, 0) is 80.4 Å². The van der Waals surface area contributed by atoms with Crippen LogP contribution in [0, 0.1) is 13.8 Å². The third-order valence-electron chi connectivity index (χ3n) is 4.98. The molecule has 2 aromatic carbocycles. The molecular formula is C24H23N5O2. The molecule has 156 valence electrons. The van der Waals surface area contributed by atoms with Gasteiger partial charge in [-0.2, -0.15) is 0 Å². The third-order valence-corrected chi connectivity index (χ3v) is 4.98. The molecule has 0 aliphatic carbocycles. The number of pyridine rings is 1. The maximum absolute atomic E-state index is 13.1. The van der Waals surface area contributed by atoms with Crippen molar-refractivity contribution in [1.82, 2.24) is 20.0 Å². The molecule has 2 aromatic heterocycles. The zero-order valence-corrected chi connectivity index (χ0v) is 17.7. The Labute approximate surface area is 180 Å². The largest absolute Gasteiger partial charge is 0.494 e. The van der Waals surface area contributed by atoms with E-state index in [-0.39, 0.29) is 11.6 Å². The van der Waals surface area contributed by atoms with Crippen LogP contribution in [0.5, 0.6) is 5.75 Å². The van der Waals surface area contributed by atoms with Crippen molar-refractivity contribution < 1.29 is 9.53 Å². The molecule has 31 heavy (non-hydrogen) atoms. The molecule has 2 heterocycles. The van der Waals surface area contributed by atoms with Gasteiger partial charge in [0, 0.05) is 23.6 Å². The van der Waals surface area contributed by atoms with E-state index in [1.54, 1.807) is 29.2 Å². The molecular weight excluding hydrogens is 390 g/mol. The summed E-state index contributed by atoms with van der Waals surface area (Å²) in [7, 11) is 0. The van der Waals surface area contributed by atoms with Crippen molar-refractivity contribution in [1.29, 1.82) is 0 Å². The molecule has 0 spiro atoms. The highest BCUT2D eigenvalue weighted by Gasteiger charge is 2.22. The van der Waals surface area contributed by atoms with E-state index in [0.29, 0.717) is 18.0 Å². The van der Waals surface area contributed by atoms with Crippen molar-refractivity contribution in [2.45, 2.75) is 20.8 Å². The number of ether oxygens (including phenoxy) is 1. The van der Waals surface area contributed by atoms with Crippen LogP contribution in [0.15, 0.2) is 67.0 Å². The molecule has 0 unspecified atom stereocenters. The van der Waals surface area contributed by atoms with Gasteiger partial charge in [0.25, 0.3) is 5.91 Å². The fourth-order valence-electron chi connectivity index (χ4n) is 3.23. The number of hydrogen-bond donors (Lipinski definition) is 1. The van der Waals surface area contributed by atoms with Gasteiger partial charge in [-0.15, -0.1) is 5.10 Å². The molecule has 7 nitrogen and oxygen atoms in total. The maximum atomic E-state index is 13.1. The van der Waals surface area contributed by atoms with Gasteiger partial charge in [-0.3, -0.25) is 9.78 Å². The Morgan fingerprint density at radius 2 is 1.87 bits per heavy atom. The Morgan fingerprint density at radius 1 is 1.06 bits per heavy atom. The van der Waals surface area contributed by atoms with Crippen LogP contribution in [0.4, 0.5) is 5.69 Å². The smallest absolute Gasteiger partial charge is 0.278 e. The highest BCUT2D eigenvalue weighted by Crippen LogP contribution is 2.26. The minimum Gasteiger partial charge on any atom is -0.494 e. The monoisotopic (exact) mass is 413 g/mol. The second-order valence-electron chi connectivity index (χ2n) is 7.12. The first-order chi connectivity index (χ1) is 15.1. The zero-order chi connectivity index (χ0) is 21.8. The van der Waals surface area contributed by atoms with Crippen LogP contribution < -0.4 is 10.1 Å². The summed E-state index contributed by atoms with van der Waals surface area (Å²) in [5.74, 6) is 0.398. The van der Waals surface area contributed by atoms with E-state index in [1.807, 2.05) is 56.3 Å². The molecule has 0 radical (unpaired) electrons. The lowest BCUT2D eigenvalue weighted by Gasteiger charge is -2.10. The van der Waals surface area contributed by atoms with Crippen LogP contribution in [-0.4, -0.2) is 32.5 Å².